The van der Waals surface area contributed by atoms with Crippen LogP contribution in [0.3, 0.4) is 0 Å². The molecule has 108 valence electrons. The number of fused-ring (bicyclic) bond motifs is 1. The van der Waals surface area contributed by atoms with Gasteiger partial charge in [-0.2, -0.15) is 0 Å². The molecular formula is C16H15FN2O2. The molecule has 21 heavy (non-hydrogen) atoms. The third-order valence-electron chi connectivity index (χ3n) is 4.28. The first kappa shape index (κ1) is 12.6. The summed E-state index contributed by atoms with van der Waals surface area (Å²) in [6.45, 7) is 0.874. The lowest BCUT2D eigenvalue weighted by Crippen LogP contribution is -2.32. The average molecular weight is 286 g/mol. The zero-order chi connectivity index (χ0) is 14.4. The molecule has 0 bridgehead atoms. The Kier molecular flexibility index (Phi) is 2.82. The minimum absolute atomic E-state index is 0.0699. The number of rotatable bonds is 2. The maximum absolute atomic E-state index is 13.1. The van der Waals surface area contributed by atoms with E-state index in [-0.39, 0.29) is 23.9 Å². The number of furan rings is 1. The van der Waals surface area contributed by atoms with Crippen LogP contribution in [-0.4, -0.2) is 23.4 Å². The van der Waals surface area contributed by atoms with Gasteiger partial charge in [0.25, 0.3) is 0 Å². The molecule has 5 heteroatoms. The van der Waals surface area contributed by atoms with E-state index in [2.05, 4.69) is 4.90 Å². The van der Waals surface area contributed by atoms with Crippen LogP contribution in [0.5, 0.6) is 0 Å². The largest absolute Gasteiger partial charge is 0.466 e. The van der Waals surface area contributed by atoms with Gasteiger partial charge in [-0.15, -0.1) is 0 Å². The van der Waals surface area contributed by atoms with Gasteiger partial charge in [-0.3, -0.25) is 14.6 Å². The van der Waals surface area contributed by atoms with E-state index in [4.69, 9.17) is 4.42 Å². The number of nitrogens with zero attached hydrogens (tertiary/aromatic N) is 2. The molecule has 4 nitrogen and oxygen atoms in total. The summed E-state index contributed by atoms with van der Waals surface area (Å²) < 4.78 is 18.7. The molecule has 1 aromatic heterocycles. The van der Waals surface area contributed by atoms with E-state index in [1.807, 2.05) is 12.1 Å². The van der Waals surface area contributed by atoms with Gasteiger partial charge in [0.05, 0.1) is 12.3 Å². The second-order valence-corrected chi connectivity index (χ2v) is 5.47. The van der Waals surface area contributed by atoms with E-state index in [0.29, 0.717) is 5.69 Å². The van der Waals surface area contributed by atoms with Crippen LogP contribution in [-0.2, 0) is 4.79 Å². The van der Waals surface area contributed by atoms with Crippen LogP contribution >= 0.6 is 0 Å². The Labute approximate surface area is 121 Å². The van der Waals surface area contributed by atoms with Crippen LogP contribution in [0.25, 0.3) is 0 Å². The number of halogens is 1. The molecule has 2 fully saturated rings. The smallest absolute Gasteiger partial charge is 0.246 e. The lowest BCUT2D eigenvalue weighted by molar-refractivity contribution is -0.119. The fourth-order valence-electron chi connectivity index (χ4n) is 3.38. The van der Waals surface area contributed by atoms with Crippen molar-refractivity contribution in [1.29, 1.82) is 0 Å². The Balaban J connectivity index is 1.79. The summed E-state index contributed by atoms with van der Waals surface area (Å²) in [6.07, 6.45) is 3.27. The third-order valence-corrected chi connectivity index (χ3v) is 4.28. The van der Waals surface area contributed by atoms with Crippen molar-refractivity contribution in [3.63, 3.8) is 0 Å². The molecule has 0 spiro atoms. The van der Waals surface area contributed by atoms with E-state index in [1.54, 1.807) is 23.3 Å². The Morgan fingerprint density at radius 3 is 2.71 bits per heavy atom. The lowest BCUT2D eigenvalue weighted by atomic mass is 10.2. The number of benzene rings is 1. The number of carbonyl (C=O) groups is 1. The molecule has 0 aliphatic carbocycles. The van der Waals surface area contributed by atoms with Gasteiger partial charge in [0, 0.05) is 12.2 Å². The molecule has 1 aromatic carbocycles. The lowest BCUT2D eigenvalue weighted by Gasteiger charge is -2.27. The molecule has 2 aliphatic heterocycles. The molecule has 2 aromatic rings. The Bertz CT molecular complexity index is 653. The van der Waals surface area contributed by atoms with E-state index in [1.165, 1.54) is 12.1 Å². The van der Waals surface area contributed by atoms with Crippen LogP contribution in [0.2, 0.25) is 0 Å². The van der Waals surface area contributed by atoms with E-state index < -0.39 is 0 Å². The highest BCUT2D eigenvalue weighted by Gasteiger charge is 2.50. The summed E-state index contributed by atoms with van der Waals surface area (Å²) in [7, 11) is 0. The van der Waals surface area contributed by atoms with Crippen molar-refractivity contribution in [2.75, 3.05) is 11.4 Å². The highest BCUT2D eigenvalue weighted by atomic mass is 19.1. The Morgan fingerprint density at radius 1 is 1.19 bits per heavy atom. The number of carbonyl (C=O) groups excluding carboxylic acids is 1. The van der Waals surface area contributed by atoms with Crippen molar-refractivity contribution < 1.29 is 13.6 Å². The van der Waals surface area contributed by atoms with E-state index in [9.17, 15) is 9.18 Å². The van der Waals surface area contributed by atoms with Crippen LogP contribution in [0.1, 0.15) is 24.8 Å². The second-order valence-electron chi connectivity index (χ2n) is 5.47. The highest BCUT2D eigenvalue weighted by Crippen LogP contribution is 2.42. The molecule has 0 saturated carbocycles. The zero-order valence-corrected chi connectivity index (χ0v) is 11.4. The molecule has 0 N–H and O–H groups in total. The molecule has 2 aliphatic rings. The summed E-state index contributed by atoms with van der Waals surface area (Å²) in [5.41, 5.74) is 0.706. The van der Waals surface area contributed by atoms with Gasteiger partial charge in [-0.05, 0) is 49.2 Å². The summed E-state index contributed by atoms with van der Waals surface area (Å²) in [4.78, 5) is 16.6. The molecule has 2 saturated heterocycles. The average Bonchev–Trinajstić information content (AvgIpc) is 3.19. The molecule has 4 rings (SSSR count). The fourth-order valence-corrected chi connectivity index (χ4v) is 3.38. The van der Waals surface area contributed by atoms with Gasteiger partial charge in [-0.1, -0.05) is 0 Å². The van der Waals surface area contributed by atoms with E-state index >= 15 is 0 Å². The van der Waals surface area contributed by atoms with Gasteiger partial charge in [0.15, 0.2) is 0 Å². The van der Waals surface area contributed by atoms with Crippen LogP contribution < -0.4 is 4.90 Å². The van der Waals surface area contributed by atoms with Crippen molar-refractivity contribution in [1.82, 2.24) is 4.90 Å². The fraction of sp³-hybridized carbons (Fsp3) is 0.312. The third kappa shape index (κ3) is 1.88. The minimum atomic E-state index is -0.305. The summed E-state index contributed by atoms with van der Waals surface area (Å²) in [6, 6.07) is 9.67. The molecule has 0 unspecified atom stereocenters. The quantitative estimate of drug-likeness (QED) is 0.851. The molecule has 3 heterocycles. The van der Waals surface area contributed by atoms with Crippen LogP contribution in [0, 0.1) is 5.82 Å². The molecule has 0 radical (unpaired) electrons. The summed E-state index contributed by atoms with van der Waals surface area (Å²) in [5.74, 6) is 0.512. The van der Waals surface area contributed by atoms with Crippen molar-refractivity contribution in [3.8, 4) is 0 Å². The minimum Gasteiger partial charge on any atom is -0.466 e. The standard InChI is InChI=1S/C16H15FN2O2/c17-11-5-7-12(8-6-11)19-15(14-4-2-10-21-14)18-9-1-3-13(18)16(19)20/h2,4-8,10,13,15H,1,3,9H2/t13-,15+/m1/s1. The topological polar surface area (TPSA) is 36.7 Å². The summed E-state index contributed by atoms with van der Waals surface area (Å²) in [5, 5.41) is 0. The Morgan fingerprint density at radius 2 is 2.00 bits per heavy atom. The molecule has 1 amide bonds. The van der Waals surface area contributed by atoms with Crippen molar-refractivity contribution in [2.45, 2.75) is 25.0 Å². The number of hydrogen-bond donors (Lipinski definition) is 0. The van der Waals surface area contributed by atoms with E-state index in [0.717, 1.165) is 25.1 Å². The van der Waals surface area contributed by atoms with Gasteiger partial charge in [-0.25, -0.2) is 4.39 Å². The normalized spacial score (nSPS) is 25.6. The van der Waals surface area contributed by atoms with Gasteiger partial charge in [0.2, 0.25) is 5.91 Å². The number of anilines is 1. The van der Waals surface area contributed by atoms with Gasteiger partial charge >= 0.3 is 0 Å². The maximum Gasteiger partial charge on any atom is 0.246 e. The highest BCUT2D eigenvalue weighted by molar-refractivity contribution is 6.00. The monoisotopic (exact) mass is 286 g/mol. The van der Waals surface area contributed by atoms with Crippen LogP contribution in [0.4, 0.5) is 10.1 Å². The SMILES string of the molecule is O=C1[C@H]2CCCN2[C@H](c2ccco2)N1c1ccc(F)cc1. The maximum atomic E-state index is 13.1. The Hall–Kier alpha value is -2.14. The number of amides is 1. The zero-order valence-electron chi connectivity index (χ0n) is 11.4. The first-order valence-corrected chi connectivity index (χ1v) is 7.13. The van der Waals surface area contributed by atoms with Gasteiger partial charge in [0.1, 0.15) is 17.7 Å². The first-order valence-electron chi connectivity index (χ1n) is 7.13. The van der Waals surface area contributed by atoms with Crippen molar-refractivity contribution in [3.05, 3.63) is 54.2 Å². The predicted molar refractivity (Wildman–Crippen MR) is 75.1 cm³/mol. The van der Waals surface area contributed by atoms with Crippen molar-refractivity contribution in [2.24, 2.45) is 0 Å². The van der Waals surface area contributed by atoms with Crippen molar-refractivity contribution >= 4 is 11.6 Å². The summed E-state index contributed by atoms with van der Waals surface area (Å²) >= 11 is 0. The van der Waals surface area contributed by atoms with Crippen LogP contribution in [0.15, 0.2) is 47.1 Å². The molecular weight excluding hydrogens is 271 g/mol. The van der Waals surface area contributed by atoms with Gasteiger partial charge < -0.3 is 4.42 Å². The second kappa shape index (κ2) is 4.70. The number of hydrogen-bond acceptors (Lipinski definition) is 3. The predicted octanol–water partition coefficient (Wildman–Crippen LogP) is 2.93. The molecule has 2 atom stereocenters. The first-order chi connectivity index (χ1) is 10.3.